The standard InChI is InChI=1S/C12H11BrF3N5/c1-6-3-2-4-7(10(6)13)18-8-5-9(21-17)20-11(19-8)12(14,15)16/h2-5H,17H2,1H3,(H2,18,19,20,21). The number of aryl methyl sites for hydroxylation is 1. The average Bonchev–Trinajstić information content (AvgIpc) is 2.42. The summed E-state index contributed by atoms with van der Waals surface area (Å²) in [6, 6.07) is 6.63. The Balaban J connectivity index is 2.42. The van der Waals surface area contributed by atoms with Crippen molar-refractivity contribution in [3.63, 3.8) is 0 Å². The van der Waals surface area contributed by atoms with Crippen LogP contribution in [-0.2, 0) is 6.18 Å². The first kappa shape index (κ1) is 15.5. The number of nitrogens with two attached hydrogens (primary N) is 1. The Labute approximate surface area is 126 Å². The van der Waals surface area contributed by atoms with Crippen molar-refractivity contribution in [2.45, 2.75) is 13.1 Å². The van der Waals surface area contributed by atoms with E-state index in [1.165, 1.54) is 6.07 Å². The topological polar surface area (TPSA) is 75.9 Å². The lowest BCUT2D eigenvalue weighted by Crippen LogP contribution is -2.16. The molecule has 0 saturated heterocycles. The smallest absolute Gasteiger partial charge is 0.339 e. The molecule has 0 aliphatic heterocycles. The third kappa shape index (κ3) is 3.61. The Bertz CT molecular complexity index is 660. The number of hydrogen-bond acceptors (Lipinski definition) is 5. The van der Waals surface area contributed by atoms with Crippen LogP contribution in [0, 0.1) is 6.92 Å². The summed E-state index contributed by atoms with van der Waals surface area (Å²) in [6.07, 6.45) is -4.66. The number of aromatic nitrogens is 2. The summed E-state index contributed by atoms with van der Waals surface area (Å²) in [5.74, 6) is 3.71. The minimum atomic E-state index is -4.66. The van der Waals surface area contributed by atoms with E-state index in [-0.39, 0.29) is 11.6 Å². The van der Waals surface area contributed by atoms with Gasteiger partial charge in [0.15, 0.2) is 0 Å². The van der Waals surface area contributed by atoms with Crippen LogP contribution in [0.25, 0.3) is 0 Å². The van der Waals surface area contributed by atoms with Gasteiger partial charge in [-0.2, -0.15) is 13.2 Å². The molecule has 0 unspecified atom stereocenters. The van der Waals surface area contributed by atoms with E-state index in [9.17, 15) is 13.2 Å². The molecule has 112 valence electrons. The lowest BCUT2D eigenvalue weighted by molar-refractivity contribution is -0.144. The van der Waals surface area contributed by atoms with Gasteiger partial charge in [-0.1, -0.05) is 12.1 Å². The summed E-state index contributed by atoms with van der Waals surface area (Å²) in [5, 5.41) is 2.81. The highest BCUT2D eigenvalue weighted by Gasteiger charge is 2.35. The predicted molar refractivity (Wildman–Crippen MR) is 77.0 cm³/mol. The maximum absolute atomic E-state index is 12.7. The first-order valence-electron chi connectivity index (χ1n) is 5.76. The van der Waals surface area contributed by atoms with Crippen molar-refractivity contribution < 1.29 is 13.2 Å². The number of hydrazine groups is 1. The molecule has 0 spiro atoms. The van der Waals surface area contributed by atoms with E-state index in [0.717, 1.165) is 10.0 Å². The normalized spacial score (nSPS) is 11.3. The van der Waals surface area contributed by atoms with Gasteiger partial charge in [0.1, 0.15) is 11.6 Å². The Morgan fingerprint density at radius 3 is 2.48 bits per heavy atom. The molecule has 1 aromatic heterocycles. The molecule has 2 rings (SSSR count). The van der Waals surface area contributed by atoms with Crippen molar-refractivity contribution in [3.8, 4) is 0 Å². The zero-order valence-electron chi connectivity index (χ0n) is 10.8. The van der Waals surface area contributed by atoms with Gasteiger partial charge >= 0.3 is 6.18 Å². The van der Waals surface area contributed by atoms with E-state index >= 15 is 0 Å². The van der Waals surface area contributed by atoms with Crippen LogP contribution in [0.3, 0.4) is 0 Å². The highest BCUT2D eigenvalue weighted by molar-refractivity contribution is 9.10. The molecular formula is C12H11BrF3N5. The summed E-state index contributed by atoms with van der Waals surface area (Å²) < 4.78 is 38.9. The molecule has 4 N–H and O–H groups in total. The second-order valence-corrected chi connectivity index (χ2v) is 4.96. The summed E-state index contributed by atoms with van der Waals surface area (Å²) in [5.41, 5.74) is 3.61. The number of halogens is 4. The molecule has 2 aromatic rings. The monoisotopic (exact) mass is 361 g/mol. The van der Waals surface area contributed by atoms with Gasteiger partial charge in [0.05, 0.1) is 5.69 Å². The Kier molecular flexibility index (Phi) is 4.33. The van der Waals surface area contributed by atoms with E-state index in [1.54, 1.807) is 12.1 Å². The fourth-order valence-corrected chi connectivity index (χ4v) is 1.96. The van der Waals surface area contributed by atoms with Crippen LogP contribution in [0.1, 0.15) is 11.4 Å². The van der Waals surface area contributed by atoms with Crippen molar-refractivity contribution in [1.82, 2.24) is 9.97 Å². The molecular weight excluding hydrogens is 351 g/mol. The fraction of sp³-hybridized carbons (Fsp3) is 0.167. The van der Waals surface area contributed by atoms with Gasteiger partial charge in [-0.15, -0.1) is 0 Å². The largest absolute Gasteiger partial charge is 0.451 e. The third-order valence-electron chi connectivity index (χ3n) is 2.58. The highest BCUT2D eigenvalue weighted by atomic mass is 79.9. The second-order valence-electron chi connectivity index (χ2n) is 4.17. The lowest BCUT2D eigenvalue weighted by Gasteiger charge is -2.13. The third-order valence-corrected chi connectivity index (χ3v) is 3.63. The molecule has 0 fully saturated rings. The molecule has 0 radical (unpaired) electrons. The highest BCUT2D eigenvalue weighted by Crippen LogP contribution is 2.31. The van der Waals surface area contributed by atoms with Crippen molar-refractivity contribution in [1.29, 1.82) is 0 Å². The maximum Gasteiger partial charge on any atom is 0.451 e. The molecule has 21 heavy (non-hydrogen) atoms. The zero-order chi connectivity index (χ0) is 15.6. The maximum atomic E-state index is 12.7. The Morgan fingerprint density at radius 2 is 1.86 bits per heavy atom. The zero-order valence-corrected chi connectivity index (χ0v) is 12.4. The molecule has 0 saturated carbocycles. The van der Waals surface area contributed by atoms with Crippen molar-refractivity contribution >= 4 is 33.3 Å². The molecule has 0 atom stereocenters. The molecule has 1 heterocycles. The number of nitrogens with one attached hydrogen (secondary N) is 2. The number of benzene rings is 1. The summed E-state index contributed by atoms with van der Waals surface area (Å²) in [7, 11) is 0. The molecule has 5 nitrogen and oxygen atoms in total. The number of anilines is 3. The van der Waals surface area contributed by atoms with Crippen LogP contribution >= 0.6 is 15.9 Å². The summed E-state index contributed by atoms with van der Waals surface area (Å²) in [4.78, 5) is 6.74. The van der Waals surface area contributed by atoms with E-state index in [1.807, 2.05) is 13.0 Å². The van der Waals surface area contributed by atoms with Gasteiger partial charge in [0, 0.05) is 10.5 Å². The minimum Gasteiger partial charge on any atom is -0.339 e. The van der Waals surface area contributed by atoms with Gasteiger partial charge in [0.25, 0.3) is 0 Å². The lowest BCUT2D eigenvalue weighted by atomic mass is 10.2. The molecule has 9 heteroatoms. The van der Waals surface area contributed by atoms with Crippen LogP contribution < -0.4 is 16.6 Å². The minimum absolute atomic E-state index is 0.0171. The first-order valence-corrected chi connectivity index (χ1v) is 6.55. The average molecular weight is 362 g/mol. The predicted octanol–water partition coefficient (Wildman–Crippen LogP) is 3.60. The van der Waals surface area contributed by atoms with Crippen molar-refractivity contribution in [2.75, 3.05) is 10.7 Å². The van der Waals surface area contributed by atoms with E-state index in [4.69, 9.17) is 5.84 Å². The molecule has 0 aliphatic carbocycles. The van der Waals surface area contributed by atoms with E-state index in [2.05, 4.69) is 36.6 Å². The summed E-state index contributed by atoms with van der Waals surface area (Å²) >= 11 is 3.36. The SMILES string of the molecule is Cc1cccc(Nc2cc(NN)nc(C(F)(F)F)n2)c1Br. The fourth-order valence-electron chi connectivity index (χ4n) is 1.59. The van der Waals surface area contributed by atoms with Crippen molar-refractivity contribution in [3.05, 3.63) is 40.1 Å². The van der Waals surface area contributed by atoms with Crippen LogP contribution in [0.5, 0.6) is 0 Å². The molecule has 1 aromatic carbocycles. The van der Waals surface area contributed by atoms with E-state index in [0.29, 0.717) is 5.69 Å². The summed E-state index contributed by atoms with van der Waals surface area (Å²) in [6.45, 7) is 1.86. The van der Waals surface area contributed by atoms with Crippen LogP contribution in [0.15, 0.2) is 28.7 Å². The van der Waals surface area contributed by atoms with Crippen LogP contribution in [0.4, 0.5) is 30.5 Å². The molecule has 0 bridgehead atoms. The number of rotatable bonds is 3. The van der Waals surface area contributed by atoms with E-state index < -0.39 is 12.0 Å². The van der Waals surface area contributed by atoms with Gasteiger partial charge in [-0.3, -0.25) is 0 Å². The van der Waals surface area contributed by atoms with Crippen LogP contribution in [-0.4, -0.2) is 9.97 Å². The Morgan fingerprint density at radius 1 is 1.19 bits per heavy atom. The molecule has 0 amide bonds. The second kappa shape index (κ2) is 5.86. The van der Waals surface area contributed by atoms with Gasteiger partial charge in [-0.05, 0) is 34.5 Å². The first-order chi connectivity index (χ1) is 9.81. The quantitative estimate of drug-likeness (QED) is 0.575. The molecule has 0 aliphatic rings. The van der Waals surface area contributed by atoms with Crippen molar-refractivity contribution in [2.24, 2.45) is 5.84 Å². The number of nitrogen functional groups attached to an aromatic ring is 1. The van der Waals surface area contributed by atoms with Crippen LogP contribution in [0.2, 0.25) is 0 Å². The number of alkyl halides is 3. The number of hydrogen-bond donors (Lipinski definition) is 3. The van der Waals surface area contributed by atoms with Gasteiger partial charge in [-0.25, -0.2) is 15.8 Å². The number of nitrogens with zero attached hydrogens (tertiary/aromatic N) is 2. The van der Waals surface area contributed by atoms with Gasteiger partial charge in [0.2, 0.25) is 5.82 Å². The Hall–Kier alpha value is -1.87. The van der Waals surface area contributed by atoms with Gasteiger partial charge < -0.3 is 10.7 Å².